The van der Waals surface area contributed by atoms with Gasteiger partial charge in [-0.25, -0.2) is 19.7 Å². The number of carbonyl (C=O) groups excluding carboxylic acids is 2. The smallest absolute Gasteiger partial charge is 0.465 e. The van der Waals surface area contributed by atoms with E-state index in [-0.39, 0.29) is 24.5 Å². The molecule has 2 rings (SSSR count). The summed E-state index contributed by atoms with van der Waals surface area (Å²) in [5.41, 5.74) is 11.4. The van der Waals surface area contributed by atoms with Crippen LogP contribution in [-0.4, -0.2) is 68.3 Å². The van der Waals surface area contributed by atoms with E-state index in [4.69, 9.17) is 25.5 Å². The summed E-state index contributed by atoms with van der Waals surface area (Å²) in [4.78, 5) is 34.6. The Bertz CT molecular complexity index is 992. The number of nitrogens with zero attached hydrogens (tertiary/aromatic N) is 4. The van der Waals surface area contributed by atoms with Crippen LogP contribution in [0.25, 0.3) is 11.2 Å². The molecule has 0 fully saturated rings. The molecule has 0 aromatic carbocycles. The summed E-state index contributed by atoms with van der Waals surface area (Å²) < 4.78 is 34.0. The van der Waals surface area contributed by atoms with Crippen LogP contribution >= 0.6 is 8.03 Å². The van der Waals surface area contributed by atoms with Crippen molar-refractivity contribution in [1.29, 1.82) is 0 Å². The number of ether oxygens (including phenoxy) is 3. The first-order valence-electron chi connectivity index (χ1n) is 11.1. The Morgan fingerprint density at radius 3 is 2.37 bits per heavy atom. The Morgan fingerprint density at radius 2 is 1.83 bits per heavy atom. The SMILES string of the molecule is CC(C)OC(=O)C(C)O[P+](=O)COC(C)Cn1cnc2c(N)ncnc21.CCOC(=O)C(C)(C)N. The van der Waals surface area contributed by atoms with Gasteiger partial charge in [0, 0.05) is 0 Å². The number of carbonyl (C=O) groups is 2. The molecule has 0 radical (unpaired) electrons. The lowest BCUT2D eigenvalue weighted by atomic mass is 10.1. The Hall–Kier alpha value is -2.73. The van der Waals surface area contributed by atoms with E-state index in [1.807, 2.05) is 6.92 Å². The predicted molar refractivity (Wildman–Crippen MR) is 129 cm³/mol. The van der Waals surface area contributed by atoms with Gasteiger partial charge in [-0.15, -0.1) is 4.52 Å². The van der Waals surface area contributed by atoms with Crippen LogP contribution in [0.5, 0.6) is 0 Å². The maximum Gasteiger partial charge on any atom is 0.537 e. The zero-order chi connectivity index (χ0) is 26.8. The quantitative estimate of drug-likeness (QED) is 0.329. The van der Waals surface area contributed by atoms with E-state index < -0.39 is 25.6 Å². The molecule has 4 N–H and O–H groups in total. The minimum atomic E-state index is -2.16. The standard InChI is InChI=1S/C15H23N5O5P.C6H13NO2/c1-9(2)24-15(21)11(4)25-26(22)8-23-10(3)5-20-7-19-12-13(16)17-6-18-14(12)20;1-4-9-5(8)6(2,3)7/h6-7,9-11H,5,8H2,1-4H3,(H2,16,17,18);4,7H2,1-3H3/q+1;. The lowest BCUT2D eigenvalue weighted by molar-refractivity contribution is -0.154. The fourth-order valence-corrected chi connectivity index (χ4v) is 3.32. The first kappa shape index (κ1) is 30.3. The van der Waals surface area contributed by atoms with Gasteiger partial charge < -0.3 is 30.2 Å². The normalized spacial score (nSPS) is 13.6. The molecule has 2 heterocycles. The van der Waals surface area contributed by atoms with Gasteiger partial charge >= 0.3 is 20.0 Å². The molecule has 3 unspecified atom stereocenters. The first-order chi connectivity index (χ1) is 16.3. The van der Waals surface area contributed by atoms with E-state index in [9.17, 15) is 14.2 Å². The molecule has 0 aliphatic rings. The molecule has 0 aliphatic heterocycles. The third-order valence-corrected chi connectivity index (χ3v) is 5.02. The van der Waals surface area contributed by atoms with Crippen LogP contribution in [0.1, 0.15) is 48.5 Å². The minimum Gasteiger partial charge on any atom is -0.465 e. The summed E-state index contributed by atoms with van der Waals surface area (Å²) in [5.74, 6) is -0.607. The molecular weight excluding hydrogens is 479 g/mol. The van der Waals surface area contributed by atoms with Crippen molar-refractivity contribution in [2.75, 3.05) is 18.7 Å². The van der Waals surface area contributed by atoms with Crippen molar-refractivity contribution in [3.8, 4) is 0 Å². The van der Waals surface area contributed by atoms with Crippen LogP contribution in [0.15, 0.2) is 12.7 Å². The Balaban J connectivity index is 0.000000579. The summed E-state index contributed by atoms with van der Waals surface area (Å²) in [6.45, 7) is 12.6. The number of nitrogen functional groups attached to an aromatic ring is 1. The Kier molecular flexibility index (Phi) is 12.1. The molecule has 35 heavy (non-hydrogen) atoms. The lowest BCUT2D eigenvalue weighted by Gasteiger charge is -2.15. The van der Waals surface area contributed by atoms with Crippen LogP contribution in [0, 0.1) is 0 Å². The van der Waals surface area contributed by atoms with Gasteiger partial charge in [0.05, 0.1) is 31.7 Å². The fourth-order valence-electron chi connectivity index (χ4n) is 2.45. The summed E-state index contributed by atoms with van der Waals surface area (Å²) >= 11 is 0. The molecule has 0 saturated heterocycles. The number of fused-ring (bicyclic) bond motifs is 1. The van der Waals surface area contributed by atoms with Gasteiger partial charge in [-0.3, -0.25) is 4.79 Å². The zero-order valence-corrected chi connectivity index (χ0v) is 22.2. The summed E-state index contributed by atoms with van der Waals surface area (Å²) in [7, 11) is -2.16. The van der Waals surface area contributed by atoms with Crippen LogP contribution in [-0.2, 0) is 39.4 Å². The van der Waals surface area contributed by atoms with E-state index in [2.05, 4.69) is 19.7 Å². The maximum absolute atomic E-state index is 11.9. The third kappa shape index (κ3) is 10.6. The van der Waals surface area contributed by atoms with Gasteiger partial charge in [-0.2, -0.15) is 0 Å². The predicted octanol–water partition coefficient (Wildman–Crippen LogP) is 2.16. The Labute approximate surface area is 205 Å². The molecule has 2 aromatic heterocycles. The van der Waals surface area contributed by atoms with Crippen molar-refractivity contribution >= 4 is 36.9 Å². The third-order valence-electron chi connectivity index (χ3n) is 4.11. The number of hydrogen-bond donors (Lipinski definition) is 2. The molecule has 196 valence electrons. The number of hydrogen-bond acceptors (Lipinski definition) is 12. The van der Waals surface area contributed by atoms with E-state index in [1.165, 1.54) is 13.3 Å². The van der Waals surface area contributed by atoms with Crippen molar-refractivity contribution < 1.29 is 32.9 Å². The molecule has 0 saturated carbocycles. The summed E-state index contributed by atoms with van der Waals surface area (Å²) in [6.07, 6.45) is 1.35. The van der Waals surface area contributed by atoms with Crippen LogP contribution in [0.3, 0.4) is 0 Å². The fraction of sp³-hybridized carbons (Fsp3) is 0.667. The highest BCUT2D eigenvalue weighted by Gasteiger charge is 2.29. The number of nitrogens with two attached hydrogens (primary N) is 2. The van der Waals surface area contributed by atoms with Crippen LogP contribution < -0.4 is 11.5 Å². The van der Waals surface area contributed by atoms with Gasteiger partial charge in [-0.1, -0.05) is 0 Å². The second-order valence-electron chi connectivity index (χ2n) is 8.44. The van der Waals surface area contributed by atoms with Gasteiger partial charge in [0.2, 0.25) is 6.10 Å². The summed E-state index contributed by atoms with van der Waals surface area (Å²) in [5, 5.41) is 0. The van der Waals surface area contributed by atoms with Crippen molar-refractivity contribution in [1.82, 2.24) is 19.5 Å². The van der Waals surface area contributed by atoms with Crippen molar-refractivity contribution in [2.24, 2.45) is 5.73 Å². The van der Waals surface area contributed by atoms with Gasteiger partial charge in [0.1, 0.15) is 17.4 Å². The summed E-state index contributed by atoms with van der Waals surface area (Å²) in [6, 6.07) is 0. The van der Waals surface area contributed by atoms with Crippen molar-refractivity contribution in [3.63, 3.8) is 0 Å². The average Bonchev–Trinajstić information content (AvgIpc) is 3.16. The molecular formula is C21H36N6O7P+. The second-order valence-corrected chi connectivity index (χ2v) is 9.58. The number of esters is 2. The second kappa shape index (κ2) is 14.0. The van der Waals surface area contributed by atoms with Gasteiger partial charge in [0.25, 0.3) is 6.35 Å². The molecule has 0 aliphatic carbocycles. The molecule has 13 nitrogen and oxygen atoms in total. The zero-order valence-electron chi connectivity index (χ0n) is 21.3. The van der Waals surface area contributed by atoms with Crippen LogP contribution in [0.2, 0.25) is 0 Å². The monoisotopic (exact) mass is 515 g/mol. The highest BCUT2D eigenvalue weighted by molar-refractivity contribution is 7.38. The van der Waals surface area contributed by atoms with Gasteiger partial charge in [0.15, 0.2) is 11.5 Å². The highest BCUT2D eigenvalue weighted by Crippen LogP contribution is 2.26. The average molecular weight is 516 g/mol. The van der Waals surface area contributed by atoms with Crippen molar-refractivity contribution in [3.05, 3.63) is 12.7 Å². The molecule has 0 amide bonds. The minimum absolute atomic E-state index is 0.139. The van der Waals surface area contributed by atoms with E-state index >= 15 is 0 Å². The highest BCUT2D eigenvalue weighted by atomic mass is 31.1. The number of anilines is 1. The molecule has 3 atom stereocenters. The van der Waals surface area contributed by atoms with E-state index in [1.54, 1.807) is 45.5 Å². The van der Waals surface area contributed by atoms with Crippen LogP contribution in [0.4, 0.5) is 5.82 Å². The molecule has 0 spiro atoms. The Morgan fingerprint density at radius 1 is 1.17 bits per heavy atom. The number of rotatable bonds is 11. The van der Waals surface area contributed by atoms with E-state index in [0.717, 1.165) is 0 Å². The lowest BCUT2D eigenvalue weighted by Crippen LogP contribution is -2.42. The maximum atomic E-state index is 11.9. The first-order valence-corrected chi connectivity index (χ1v) is 12.4. The van der Waals surface area contributed by atoms with E-state index in [0.29, 0.717) is 30.1 Å². The topological polar surface area (TPSA) is 184 Å². The van der Waals surface area contributed by atoms with Gasteiger partial charge in [-0.05, 0) is 53.0 Å². The number of imidazole rings is 1. The number of aromatic nitrogens is 4. The van der Waals surface area contributed by atoms with Crippen molar-refractivity contribution in [2.45, 2.75) is 78.9 Å². The molecule has 14 heteroatoms. The molecule has 0 bridgehead atoms. The molecule has 2 aromatic rings. The largest absolute Gasteiger partial charge is 0.537 e.